The number of halogens is 1. The van der Waals surface area contributed by atoms with Crippen LogP contribution in [0.2, 0.25) is 0 Å². The second-order valence-corrected chi connectivity index (χ2v) is 7.45. The van der Waals surface area contributed by atoms with E-state index in [4.69, 9.17) is 0 Å². The van der Waals surface area contributed by atoms with Gasteiger partial charge < -0.3 is 20.5 Å². The van der Waals surface area contributed by atoms with Crippen LogP contribution < -0.4 is 21.5 Å². The molecule has 0 radical (unpaired) electrons. The van der Waals surface area contributed by atoms with E-state index in [-0.39, 0.29) is 35.5 Å². The van der Waals surface area contributed by atoms with E-state index in [1.54, 1.807) is 42.8 Å². The Morgan fingerprint density at radius 1 is 1.10 bits per heavy atom. The number of aryl methyl sites for hydroxylation is 2. The van der Waals surface area contributed by atoms with Crippen molar-refractivity contribution in [3.05, 3.63) is 57.5 Å². The average molecular weight is 433 g/mol. The molecule has 2 amide bonds. The number of amides is 2. The third kappa shape index (κ3) is 5.29. The highest BCUT2D eigenvalue weighted by atomic mass is 35.5. The summed E-state index contributed by atoms with van der Waals surface area (Å²) in [5, 5.41) is 8.94. The predicted octanol–water partition coefficient (Wildman–Crippen LogP) is 3.41. The summed E-state index contributed by atoms with van der Waals surface area (Å²) in [5.74, 6) is -0.483. The monoisotopic (exact) mass is 432 g/mol. The van der Waals surface area contributed by atoms with Gasteiger partial charge in [0, 0.05) is 30.0 Å². The summed E-state index contributed by atoms with van der Waals surface area (Å²) < 4.78 is 1.69. The van der Waals surface area contributed by atoms with Gasteiger partial charge in [0.05, 0.1) is 0 Å². The van der Waals surface area contributed by atoms with Crippen LogP contribution in [-0.2, 0) is 4.79 Å². The zero-order chi connectivity index (χ0) is 21.0. The number of pyridine rings is 1. The fourth-order valence-corrected chi connectivity index (χ4v) is 3.61. The number of aromatic nitrogens is 1. The zero-order valence-electron chi connectivity index (χ0n) is 17.6. The van der Waals surface area contributed by atoms with E-state index in [1.807, 2.05) is 13.0 Å². The maximum absolute atomic E-state index is 13.0. The van der Waals surface area contributed by atoms with Crippen LogP contribution in [0.25, 0.3) is 0 Å². The van der Waals surface area contributed by atoms with E-state index in [1.165, 1.54) is 0 Å². The standard InChI is InChI=1S/C22H28N4O3.ClH/c1-4-19(27)24-16-5-6-18(15(3)13-16)25-21(28)20-14(2)9-12-26(22(20)29)17-7-10-23-11-8-17;/h5-6,9,12-13,17,23H,4,7-8,10-11H2,1-3H3,(H,24,27)(H,25,28);1H. The molecule has 1 aromatic carbocycles. The first kappa shape index (κ1) is 23.6. The van der Waals surface area contributed by atoms with Crippen LogP contribution in [0.3, 0.4) is 0 Å². The molecule has 0 atom stereocenters. The number of anilines is 2. The fourth-order valence-electron chi connectivity index (χ4n) is 3.61. The molecule has 0 saturated carbocycles. The minimum Gasteiger partial charge on any atom is -0.326 e. The summed E-state index contributed by atoms with van der Waals surface area (Å²) in [4.78, 5) is 37.5. The summed E-state index contributed by atoms with van der Waals surface area (Å²) in [6, 6.07) is 7.21. The molecule has 1 saturated heterocycles. The van der Waals surface area contributed by atoms with Crippen molar-refractivity contribution in [1.82, 2.24) is 9.88 Å². The van der Waals surface area contributed by atoms with Crippen molar-refractivity contribution in [2.75, 3.05) is 23.7 Å². The highest BCUT2D eigenvalue weighted by molar-refractivity contribution is 6.05. The molecule has 1 fully saturated rings. The van der Waals surface area contributed by atoms with Gasteiger partial charge in [-0.25, -0.2) is 0 Å². The molecule has 1 aliphatic heterocycles. The Kier molecular flexibility index (Phi) is 8.20. The molecule has 0 bridgehead atoms. The summed E-state index contributed by atoms with van der Waals surface area (Å²) in [6.45, 7) is 7.15. The van der Waals surface area contributed by atoms with Crippen molar-refractivity contribution in [3.8, 4) is 0 Å². The summed E-state index contributed by atoms with van der Waals surface area (Å²) in [5.41, 5.74) is 2.67. The van der Waals surface area contributed by atoms with E-state index in [0.29, 0.717) is 23.4 Å². The maximum Gasteiger partial charge on any atom is 0.263 e. The summed E-state index contributed by atoms with van der Waals surface area (Å²) >= 11 is 0. The van der Waals surface area contributed by atoms with Gasteiger partial charge in [0.2, 0.25) is 5.91 Å². The van der Waals surface area contributed by atoms with Gasteiger partial charge in [-0.3, -0.25) is 14.4 Å². The Morgan fingerprint density at radius 3 is 2.43 bits per heavy atom. The van der Waals surface area contributed by atoms with Gasteiger partial charge in [-0.2, -0.15) is 0 Å². The lowest BCUT2D eigenvalue weighted by atomic mass is 10.0. The molecule has 3 rings (SSSR count). The second-order valence-electron chi connectivity index (χ2n) is 7.45. The number of nitrogens with one attached hydrogen (secondary N) is 3. The lowest BCUT2D eigenvalue weighted by Gasteiger charge is -2.25. The molecule has 2 heterocycles. The van der Waals surface area contributed by atoms with Gasteiger partial charge in [0.15, 0.2) is 0 Å². The average Bonchev–Trinajstić information content (AvgIpc) is 2.70. The van der Waals surface area contributed by atoms with Gasteiger partial charge >= 0.3 is 0 Å². The van der Waals surface area contributed by atoms with E-state index < -0.39 is 5.91 Å². The van der Waals surface area contributed by atoms with Crippen molar-refractivity contribution >= 4 is 35.6 Å². The van der Waals surface area contributed by atoms with Crippen molar-refractivity contribution in [2.24, 2.45) is 0 Å². The number of benzene rings is 1. The Hall–Kier alpha value is -2.64. The van der Waals surface area contributed by atoms with Crippen molar-refractivity contribution in [2.45, 2.75) is 46.1 Å². The highest BCUT2D eigenvalue weighted by Gasteiger charge is 2.21. The number of carbonyl (C=O) groups excluding carboxylic acids is 2. The van der Waals surface area contributed by atoms with E-state index in [9.17, 15) is 14.4 Å². The van der Waals surface area contributed by atoms with E-state index in [0.717, 1.165) is 31.5 Å². The van der Waals surface area contributed by atoms with Crippen LogP contribution in [0.15, 0.2) is 35.3 Å². The first-order valence-electron chi connectivity index (χ1n) is 10.0. The quantitative estimate of drug-likeness (QED) is 0.675. The van der Waals surface area contributed by atoms with Gasteiger partial charge in [-0.15, -0.1) is 12.4 Å². The maximum atomic E-state index is 13.0. The Labute approximate surface area is 182 Å². The van der Waals surface area contributed by atoms with Crippen molar-refractivity contribution in [3.63, 3.8) is 0 Å². The fraction of sp³-hybridized carbons (Fsp3) is 0.409. The number of nitrogens with zero attached hydrogens (tertiary/aromatic N) is 1. The van der Waals surface area contributed by atoms with Gasteiger partial charge in [-0.1, -0.05) is 6.92 Å². The number of hydrogen-bond acceptors (Lipinski definition) is 4. The largest absolute Gasteiger partial charge is 0.326 e. The number of rotatable bonds is 5. The Balaban J connectivity index is 0.00000320. The molecule has 3 N–H and O–H groups in total. The van der Waals surface area contributed by atoms with E-state index >= 15 is 0 Å². The summed E-state index contributed by atoms with van der Waals surface area (Å²) in [7, 11) is 0. The van der Waals surface area contributed by atoms with Gasteiger partial charge in [0.25, 0.3) is 11.5 Å². The molecular formula is C22H29ClN4O3. The van der Waals surface area contributed by atoms with Crippen molar-refractivity contribution < 1.29 is 9.59 Å². The Morgan fingerprint density at radius 2 is 1.80 bits per heavy atom. The van der Waals surface area contributed by atoms with Crippen LogP contribution in [0.1, 0.15) is 53.7 Å². The first-order chi connectivity index (χ1) is 13.9. The van der Waals surface area contributed by atoms with Crippen LogP contribution >= 0.6 is 12.4 Å². The molecule has 30 heavy (non-hydrogen) atoms. The van der Waals surface area contributed by atoms with Crippen LogP contribution in [0, 0.1) is 13.8 Å². The molecular weight excluding hydrogens is 404 g/mol. The minimum atomic E-state index is -0.413. The molecule has 162 valence electrons. The Bertz CT molecular complexity index is 981. The molecule has 2 aromatic rings. The summed E-state index contributed by atoms with van der Waals surface area (Å²) in [6.07, 6.45) is 3.93. The highest BCUT2D eigenvalue weighted by Crippen LogP contribution is 2.21. The van der Waals surface area contributed by atoms with E-state index in [2.05, 4.69) is 16.0 Å². The molecule has 1 aromatic heterocycles. The second kappa shape index (κ2) is 10.4. The van der Waals surface area contributed by atoms with Gasteiger partial charge in [-0.05, 0) is 75.2 Å². The van der Waals surface area contributed by atoms with Crippen LogP contribution in [0.4, 0.5) is 11.4 Å². The van der Waals surface area contributed by atoms with Crippen molar-refractivity contribution in [1.29, 1.82) is 0 Å². The normalized spacial score (nSPS) is 14.0. The molecule has 8 heteroatoms. The number of carbonyl (C=O) groups is 2. The minimum absolute atomic E-state index is 0. The molecule has 1 aliphatic rings. The smallest absolute Gasteiger partial charge is 0.263 e. The third-order valence-electron chi connectivity index (χ3n) is 5.34. The number of piperidine rings is 1. The van der Waals surface area contributed by atoms with Crippen LogP contribution in [0.5, 0.6) is 0 Å². The number of hydrogen-bond donors (Lipinski definition) is 3. The predicted molar refractivity (Wildman–Crippen MR) is 122 cm³/mol. The van der Waals surface area contributed by atoms with Gasteiger partial charge in [0.1, 0.15) is 5.56 Å². The molecule has 0 aliphatic carbocycles. The first-order valence-corrected chi connectivity index (χ1v) is 10.0. The molecule has 0 spiro atoms. The molecule has 0 unspecified atom stereocenters. The SMILES string of the molecule is CCC(=O)Nc1ccc(NC(=O)c2c(C)ccn(C3CCNCC3)c2=O)c(C)c1.Cl. The molecule has 7 nitrogen and oxygen atoms in total. The van der Waals surface area contributed by atoms with Crippen LogP contribution in [-0.4, -0.2) is 29.5 Å². The topological polar surface area (TPSA) is 92.2 Å². The lowest BCUT2D eigenvalue weighted by molar-refractivity contribution is -0.115. The zero-order valence-corrected chi connectivity index (χ0v) is 18.4. The third-order valence-corrected chi connectivity index (χ3v) is 5.34. The lowest BCUT2D eigenvalue weighted by Crippen LogP contribution is -2.37.